The van der Waals surface area contributed by atoms with E-state index in [4.69, 9.17) is 0 Å². The summed E-state index contributed by atoms with van der Waals surface area (Å²) < 4.78 is 0. The first kappa shape index (κ1) is 13.1. The van der Waals surface area contributed by atoms with Crippen molar-refractivity contribution in [3.63, 3.8) is 0 Å². The van der Waals surface area contributed by atoms with Crippen molar-refractivity contribution in [1.29, 1.82) is 0 Å². The smallest absolute Gasteiger partial charge is 0.115 e. The number of rotatable bonds is 6. The van der Waals surface area contributed by atoms with Crippen LogP contribution < -0.4 is 5.32 Å². The van der Waals surface area contributed by atoms with Crippen molar-refractivity contribution in [2.75, 3.05) is 7.05 Å². The molecule has 0 aliphatic carbocycles. The zero-order valence-corrected chi connectivity index (χ0v) is 10.8. The topological polar surface area (TPSA) is 37.8 Å². The second-order valence-corrected chi connectivity index (χ2v) is 4.28. The Hall–Kier alpha value is -0.960. The quantitative estimate of drug-likeness (QED) is 0.802. The van der Waals surface area contributed by atoms with Crippen LogP contribution >= 0.6 is 0 Å². The number of aryl methyl sites for hydroxylation is 1. The molecular weight excluding hydrogens is 198 g/mol. The highest BCUT2D eigenvalue weighted by Crippen LogP contribution is 2.21. The third-order valence-corrected chi connectivity index (χ3v) is 3.13. The molecule has 0 saturated carbocycles. The van der Waals surface area contributed by atoms with Gasteiger partial charge in [-0.3, -0.25) is 0 Å². The summed E-state index contributed by atoms with van der Waals surface area (Å²) in [4.78, 5) is 8.71. The second-order valence-electron chi connectivity index (χ2n) is 4.28. The standard InChI is InChI=1S/C13H23N3/c1-5-7-11-8-13(16-9-15-11)12(6-2)10(3)14-4/h8-10,12,14H,5-7H2,1-4H3. The van der Waals surface area contributed by atoms with E-state index in [0.717, 1.165) is 25.0 Å². The third kappa shape index (κ3) is 3.27. The van der Waals surface area contributed by atoms with Gasteiger partial charge in [-0.15, -0.1) is 0 Å². The van der Waals surface area contributed by atoms with Gasteiger partial charge in [0.1, 0.15) is 6.33 Å². The Morgan fingerprint density at radius 3 is 2.62 bits per heavy atom. The predicted molar refractivity (Wildman–Crippen MR) is 67.6 cm³/mol. The molecule has 2 unspecified atom stereocenters. The minimum absolute atomic E-state index is 0.453. The Bertz CT molecular complexity index is 312. The van der Waals surface area contributed by atoms with E-state index >= 15 is 0 Å². The molecule has 1 heterocycles. The van der Waals surface area contributed by atoms with Crippen molar-refractivity contribution in [3.8, 4) is 0 Å². The maximum absolute atomic E-state index is 4.41. The van der Waals surface area contributed by atoms with Crippen LogP contribution in [0.2, 0.25) is 0 Å². The molecule has 1 N–H and O–H groups in total. The van der Waals surface area contributed by atoms with Crippen LogP contribution in [0.15, 0.2) is 12.4 Å². The summed E-state index contributed by atoms with van der Waals surface area (Å²) in [5, 5.41) is 3.31. The number of nitrogens with zero attached hydrogens (tertiary/aromatic N) is 2. The van der Waals surface area contributed by atoms with Gasteiger partial charge in [-0.05, 0) is 32.9 Å². The zero-order valence-electron chi connectivity index (χ0n) is 10.8. The minimum Gasteiger partial charge on any atom is -0.317 e. The van der Waals surface area contributed by atoms with Gasteiger partial charge in [0.05, 0.1) is 0 Å². The monoisotopic (exact) mass is 221 g/mol. The van der Waals surface area contributed by atoms with E-state index in [0.29, 0.717) is 12.0 Å². The fourth-order valence-corrected chi connectivity index (χ4v) is 2.03. The van der Waals surface area contributed by atoms with Crippen LogP contribution in [0.25, 0.3) is 0 Å². The molecule has 1 aromatic rings. The molecule has 3 nitrogen and oxygen atoms in total. The van der Waals surface area contributed by atoms with Crippen LogP contribution in [0.3, 0.4) is 0 Å². The summed E-state index contributed by atoms with van der Waals surface area (Å²) in [6, 6.07) is 2.61. The van der Waals surface area contributed by atoms with Gasteiger partial charge in [0.2, 0.25) is 0 Å². The van der Waals surface area contributed by atoms with Gasteiger partial charge in [0.15, 0.2) is 0 Å². The molecule has 0 aromatic carbocycles. The summed E-state index contributed by atoms with van der Waals surface area (Å²) in [6.07, 6.45) is 4.98. The summed E-state index contributed by atoms with van der Waals surface area (Å²) >= 11 is 0. The third-order valence-electron chi connectivity index (χ3n) is 3.13. The number of aromatic nitrogens is 2. The molecule has 3 heteroatoms. The lowest BCUT2D eigenvalue weighted by molar-refractivity contribution is 0.473. The van der Waals surface area contributed by atoms with Crippen molar-refractivity contribution in [3.05, 3.63) is 23.8 Å². The van der Waals surface area contributed by atoms with E-state index in [1.54, 1.807) is 6.33 Å². The van der Waals surface area contributed by atoms with Crippen molar-refractivity contribution in [2.45, 2.75) is 52.0 Å². The SMILES string of the molecule is CCCc1cc(C(CC)C(C)NC)ncn1. The van der Waals surface area contributed by atoms with Crippen LogP contribution in [-0.2, 0) is 6.42 Å². The van der Waals surface area contributed by atoms with Crippen LogP contribution in [0.4, 0.5) is 0 Å². The number of likely N-dealkylation sites (N-methyl/N-ethyl adjacent to an activating group) is 1. The largest absolute Gasteiger partial charge is 0.317 e. The molecule has 0 aliphatic heterocycles. The molecule has 0 amide bonds. The van der Waals surface area contributed by atoms with E-state index in [1.807, 2.05) is 7.05 Å². The molecule has 0 spiro atoms. The highest BCUT2D eigenvalue weighted by atomic mass is 14.9. The summed E-state index contributed by atoms with van der Waals surface area (Å²) in [5.41, 5.74) is 2.33. The molecule has 90 valence electrons. The lowest BCUT2D eigenvalue weighted by atomic mass is 9.94. The summed E-state index contributed by atoms with van der Waals surface area (Å²) in [5.74, 6) is 0.476. The Morgan fingerprint density at radius 2 is 2.06 bits per heavy atom. The second kappa shape index (κ2) is 6.59. The maximum atomic E-state index is 4.41. The molecule has 16 heavy (non-hydrogen) atoms. The molecule has 0 saturated heterocycles. The van der Waals surface area contributed by atoms with Crippen LogP contribution in [-0.4, -0.2) is 23.1 Å². The normalized spacial score (nSPS) is 14.8. The van der Waals surface area contributed by atoms with Gasteiger partial charge < -0.3 is 5.32 Å². The molecule has 1 aromatic heterocycles. The predicted octanol–water partition coefficient (Wildman–Crippen LogP) is 2.53. The summed E-state index contributed by atoms with van der Waals surface area (Å²) in [6.45, 7) is 6.59. The van der Waals surface area contributed by atoms with Crippen molar-refractivity contribution >= 4 is 0 Å². The van der Waals surface area contributed by atoms with Gasteiger partial charge >= 0.3 is 0 Å². The minimum atomic E-state index is 0.453. The highest BCUT2D eigenvalue weighted by molar-refractivity contribution is 5.14. The van der Waals surface area contributed by atoms with E-state index in [1.165, 1.54) is 5.69 Å². The van der Waals surface area contributed by atoms with Gasteiger partial charge in [0.25, 0.3) is 0 Å². The van der Waals surface area contributed by atoms with E-state index < -0.39 is 0 Å². The number of nitrogens with one attached hydrogen (secondary N) is 1. The van der Waals surface area contributed by atoms with Crippen LogP contribution in [0.1, 0.15) is 50.9 Å². The Kier molecular flexibility index (Phi) is 5.39. The highest BCUT2D eigenvalue weighted by Gasteiger charge is 2.17. The molecule has 1 rings (SSSR count). The summed E-state index contributed by atoms with van der Waals surface area (Å²) in [7, 11) is 2.00. The molecule has 2 atom stereocenters. The zero-order chi connectivity index (χ0) is 12.0. The van der Waals surface area contributed by atoms with Gasteiger partial charge in [-0.1, -0.05) is 20.3 Å². The van der Waals surface area contributed by atoms with Crippen molar-refractivity contribution < 1.29 is 0 Å². The molecular formula is C13H23N3. The first-order chi connectivity index (χ1) is 7.72. The van der Waals surface area contributed by atoms with E-state index in [9.17, 15) is 0 Å². The first-order valence-electron chi connectivity index (χ1n) is 6.21. The number of hydrogen-bond donors (Lipinski definition) is 1. The van der Waals surface area contributed by atoms with Gasteiger partial charge in [-0.25, -0.2) is 9.97 Å². The fraction of sp³-hybridized carbons (Fsp3) is 0.692. The molecule has 0 fully saturated rings. The number of hydrogen-bond acceptors (Lipinski definition) is 3. The van der Waals surface area contributed by atoms with Crippen LogP contribution in [0.5, 0.6) is 0 Å². The molecule has 0 aliphatic rings. The van der Waals surface area contributed by atoms with Crippen LogP contribution in [0, 0.1) is 0 Å². The van der Waals surface area contributed by atoms with Crippen molar-refractivity contribution in [1.82, 2.24) is 15.3 Å². The van der Waals surface area contributed by atoms with Gasteiger partial charge in [0, 0.05) is 23.3 Å². The van der Waals surface area contributed by atoms with Crippen molar-refractivity contribution in [2.24, 2.45) is 0 Å². The average molecular weight is 221 g/mol. The first-order valence-corrected chi connectivity index (χ1v) is 6.21. The lowest BCUT2D eigenvalue weighted by Crippen LogP contribution is -2.29. The fourth-order valence-electron chi connectivity index (χ4n) is 2.03. The van der Waals surface area contributed by atoms with E-state index in [-0.39, 0.29) is 0 Å². The molecule has 0 bridgehead atoms. The Balaban J connectivity index is 2.87. The Labute approximate surface area is 98.7 Å². The van der Waals surface area contributed by atoms with E-state index in [2.05, 4.69) is 42.1 Å². The van der Waals surface area contributed by atoms with Gasteiger partial charge in [-0.2, -0.15) is 0 Å². The maximum Gasteiger partial charge on any atom is 0.115 e. The average Bonchev–Trinajstić information content (AvgIpc) is 2.31. The Morgan fingerprint density at radius 1 is 1.31 bits per heavy atom. The molecule has 0 radical (unpaired) electrons. The lowest BCUT2D eigenvalue weighted by Gasteiger charge is -2.21.